The highest BCUT2D eigenvalue weighted by atomic mass is 16.5. The Morgan fingerprint density at radius 1 is 1.03 bits per heavy atom. The minimum atomic E-state index is -0.259. The summed E-state index contributed by atoms with van der Waals surface area (Å²) < 4.78 is 17.2. The van der Waals surface area contributed by atoms with Crippen LogP contribution in [-0.4, -0.2) is 130 Å². The lowest BCUT2D eigenvalue weighted by Crippen LogP contribution is -2.54. The van der Waals surface area contributed by atoms with E-state index in [-0.39, 0.29) is 17.5 Å². The smallest absolute Gasteiger partial charge is 0.234 e. The van der Waals surface area contributed by atoms with Crippen molar-refractivity contribution >= 4 is 5.91 Å². The van der Waals surface area contributed by atoms with Crippen LogP contribution in [0.15, 0.2) is 0 Å². The minimum absolute atomic E-state index is 0.154. The molecule has 9 nitrogen and oxygen atoms in total. The predicted octanol–water partition coefficient (Wildman–Crippen LogP) is 1.55. The summed E-state index contributed by atoms with van der Waals surface area (Å²) in [4.78, 5) is 19.7. The molecule has 3 N–H and O–H groups in total. The van der Waals surface area contributed by atoms with E-state index in [4.69, 9.17) is 19.9 Å². The van der Waals surface area contributed by atoms with Crippen molar-refractivity contribution in [3.05, 3.63) is 0 Å². The van der Waals surface area contributed by atoms with Crippen LogP contribution >= 0.6 is 0 Å². The SMILES string of the molecule is CCCOCC(C)(N)CC(C)CN1CCC(OC2CC(NC(=O)CN3CCN(CCOC)CC3)C2)CC1. The van der Waals surface area contributed by atoms with Crippen molar-refractivity contribution in [3.63, 3.8) is 0 Å². The van der Waals surface area contributed by atoms with Crippen LogP contribution in [0.2, 0.25) is 0 Å². The molecule has 9 heteroatoms. The van der Waals surface area contributed by atoms with Crippen LogP contribution in [0.4, 0.5) is 0 Å². The number of methoxy groups -OCH3 is 1. The number of carbonyl (C=O) groups excluding carboxylic acids is 1. The summed E-state index contributed by atoms with van der Waals surface area (Å²) in [5.41, 5.74) is 6.21. The highest BCUT2D eigenvalue weighted by Crippen LogP contribution is 2.28. The van der Waals surface area contributed by atoms with Gasteiger partial charge in [-0.25, -0.2) is 0 Å². The maximum atomic E-state index is 12.5. The van der Waals surface area contributed by atoms with Crippen molar-refractivity contribution in [2.24, 2.45) is 11.7 Å². The summed E-state index contributed by atoms with van der Waals surface area (Å²) in [7, 11) is 1.74. The summed E-state index contributed by atoms with van der Waals surface area (Å²) in [5, 5.41) is 3.22. The molecule has 2 unspecified atom stereocenters. The molecule has 2 saturated heterocycles. The molecule has 0 bridgehead atoms. The third-order valence-corrected chi connectivity index (χ3v) is 7.99. The van der Waals surface area contributed by atoms with Crippen molar-refractivity contribution in [3.8, 4) is 0 Å². The molecule has 0 aromatic carbocycles. The van der Waals surface area contributed by atoms with Gasteiger partial charge in [0.1, 0.15) is 0 Å². The molecule has 0 spiro atoms. The van der Waals surface area contributed by atoms with Gasteiger partial charge in [0.25, 0.3) is 0 Å². The predicted molar refractivity (Wildman–Crippen MR) is 148 cm³/mol. The molecule has 1 aliphatic carbocycles. The van der Waals surface area contributed by atoms with Crippen LogP contribution in [0, 0.1) is 5.92 Å². The topological polar surface area (TPSA) is 92.5 Å². The molecule has 216 valence electrons. The first-order valence-electron chi connectivity index (χ1n) is 14.7. The lowest BCUT2D eigenvalue weighted by molar-refractivity contribution is -0.127. The highest BCUT2D eigenvalue weighted by Gasteiger charge is 2.34. The monoisotopic (exact) mass is 525 g/mol. The Balaban J connectivity index is 1.22. The number of nitrogens with zero attached hydrogens (tertiary/aromatic N) is 3. The van der Waals surface area contributed by atoms with E-state index in [0.717, 1.165) is 104 Å². The van der Waals surface area contributed by atoms with E-state index in [1.54, 1.807) is 7.11 Å². The zero-order chi connectivity index (χ0) is 26.7. The van der Waals surface area contributed by atoms with Crippen molar-refractivity contribution in [1.82, 2.24) is 20.0 Å². The molecule has 0 radical (unpaired) electrons. The van der Waals surface area contributed by atoms with E-state index in [9.17, 15) is 4.79 Å². The first-order valence-corrected chi connectivity index (χ1v) is 14.7. The van der Waals surface area contributed by atoms with Gasteiger partial charge in [-0.1, -0.05) is 13.8 Å². The molecule has 0 aromatic rings. The van der Waals surface area contributed by atoms with Gasteiger partial charge >= 0.3 is 0 Å². The summed E-state index contributed by atoms with van der Waals surface area (Å²) in [6, 6.07) is 0.272. The Morgan fingerprint density at radius 2 is 1.70 bits per heavy atom. The third kappa shape index (κ3) is 11.4. The molecule has 2 heterocycles. The summed E-state index contributed by atoms with van der Waals surface area (Å²) in [5.74, 6) is 0.704. The molecule has 37 heavy (non-hydrogen) atoms. The van der Waals surface area contributed by atoms with Crippen LogP contribution in [0.25, 0.3) is 0 Å². The van der Waals surface area contributed by atoms with Gasteiger partial charge in [-0.05, 0) is 51.4 Å². The average molecular weight is 526 g/mol. The van der Waals surface area contributed by atoms with E-state index >= 15 is 0 Å². The molecule has 1 saturated carbocycles. The molecular weight excluding hydrogens is 470 g/mol. The maximum absolute atomic E-state index is 12.5. The zero-order valence-corrected chi connectivity index (χ0v) is 24.1. The van der Waals surface area contributed by atoms with Crippen LogP contribution in [0.3, 0.4) is 0 Å². The van der Waals surface area contributed by atoms with Gasteiger partial charge in [-0.3, -0.25) is 14.6 Å². The summed E-state index contributed by atoms with van der Waals surface area (Å²) in [6.45, 7) is 17.4. The largest absolute Gasteiger partial charge is 0.383 e. The van der Waals surface area contributed by atoms with Gasteiger partial charge in [-0.15, -0.1) is 0 Å². The zero-order valence-electron chi connectivity index (χ0n) is 24.1. The highest BCUT2D eigenvalue weighted by molar-refractivity contribution is 5.78. The molecule has 2 atom stereocenters. The van der Waals surface area contributed by atoms with Gasteiger partial charge in [-0.2, -0.15) is 0 Å². The van der Waals surface area contributed by atoms with E-state index in [1.165, 1.54) is 0 Å². The Hall–Kier alpha value is -0.810. The van der Waals surface area contributed by atoms with Gasteiger partial charge < -0.3 is 30.2 Å². The second-order valence-corrected chi connectivity index (χ2v) is 12.1. The van der Waals surface area contributed by atoms with E-state index < -0.39 is 0 Å². The summed E-state index contributed by atoms with van der Waals surface area (Å²) in [6.07, 6.45) is 6.74. The molecule has 3 rings (SSSR count). The Bertz CT molecular complexity index is 644. The number of nitrogens with one attached hydrogen (secondary N) is 1. The fourth-order valence-corrected chi connectivity index (χ4v) is 5.97. The van der Waals surface area contributed by atoms with Gasteiger partial charge in [0.2, 0.25) is 5.91 Å². The number of carbonyl (C=O) groups is 1. The molecule has 3 aliphatic rings. The molecule has 0 aromatic heterocycles. The number of piperidine rings is 1. The normalized spacial score (nSPS) is 26.9. The molecule has 2 aliphatic heterocycles. The molecule has 1 amide bonds. The number of nitrogens with two attached hydrogens (primary N) is 1. The number of hydrogen-bond acceptors (Lipinski definition) is 8. The quantitative estimate of drug-likeness (QED) is 0.293. The lowest BCUT2D eigenvalue weighted by Gasteiger charge is -2.41. The van der Waals surface area contributed by atoms with Crippen molar-refractivity contribution < 1.29 is 19.0 Å². The Kier molecular flexibility index (Phi) is 13.0. The Morgan fingerprint density at radius 3 is 2.35 bits per heavy atom. The average Bonchev–Trinajstić information content (AvgIpc) is 2.83. The molecule has 3 fully saturated rings. The van der Waals surface area contributed by atoms with Gasteiger partial charge in [0.15, 0.2) is 0 Å². The number of hydrogen-bond donors (Lipinski definition) is 2. The van der Waals surface area contributed by atoms with Crippen LogP contribution in [0.1, 0.15) is 59.3 Å². The second kappa shape index (κ2) is 15.7. The van der Waals surface area contributed by atoms with Crippen LogP contribution in [0.5, 0.6) is 0 Å². The minimum Gasteiger partial charge on any atom is -0.383 e. The Labute approximate surface area is 225 Å². The van der Waals surface area contributed by atoms with Crippen molar-refractivity contribution in [2.45, 2.75) is 83.1 Å². The van der Waals surface area contributed by atoms with Crippen molar-refractivity contribution in [1.29, 1.82) is 0 Å². The number of likely N-dealkylation sites (tertiary alicyclic amines) is 1. The lowest BCUT2D eigenvalue weighted by atomic mass is 9.88. The number of piperazine rings is 1. The number of amides is 1. The fourth-order valence-electron chi connectivity index (χ4n) is 5.97. The first kappa shape index (κ1) is 30.7. The maximum Gasteiger partial charge on any atom is 0.234 e. The van der Waals surface area contributed by atoms with E-state index in [0.29, 0.717) is 31.3 Å². The molecular formula is C28H55N5O4. The van der Waals surface area contributed by atoms with Crippen LogP contribution < -0.4 is 11.1 Å². The number of rotatable bonds is 16. The van der Waals surface area contributed by atoms with Crippen LogP contribution in [-0.2, 0) is 19.0 Å². The standard InChI is InChI=1S/C28H55N5O4/c1-5-15-36-22-28(3,29)19-23(2)20-32-8-6-25(7-9-32)37-26-17-24(18-26)30-27(34)21-33-12-10-31(11-13-33)14-16-35-4/h23-26H,5-22,29H2,1-4H3,(H,30,34). The van der Waals surface area contributed by atoms with Gasteiger partial charge in [0.05, 0.1) is 32.0 Å². The summed E-state index contributed by atoms with van der Waals surface area (Å²) >= 11 is 0. The van der Waals surface area contributed by atoms with Gasteiger partial charge in [0, 0.05) is 77.7 Å². The first-order chi connectivity index (χ1) is 17.8. The van der Waals surface area contributed by atoms with Crippen molar-refractivity contribution in [2.75, 3.05) is 85.8 Å². The second-order valence-electron chi connectivity index (χ2n) is 12.1. The fraction of sp³-hybridized carbons (Fsp3) is 0.964. The van der Waals surface area contributed by atoms with E-state index in [1.807, 2.05) is 0 Å². The van der Waals surface area contributed by atoms with E-state index in [2.05, 4.69) is 40.8 Å². The third-order valence-electron chi connectivity index (χ3n) is 7.99. The number of ether oxygens (including phenoxy) is 3.